The standard InChI is InChI=1S/C31H41F2N9O4S/c1-20-16-27-24(21(2)38-42(27)25-4-5-28(43)37-29(25)44)17-26(20)40-13-11-39(12-14-40)8-3-15-47(45)41-9-6-22(7-10-41)36-31-34-18-23(19-35-31)46-30(32)33/h16-19,22,25,30H,3-15H2,1-2H3,(H,34,35,36)(H,37,43,44). The summed E-state index contributed by atoms with van der Waals surface area (Å²) in [5.74, 6) is 0.366. The largest absolute Gasteiger partial charge is 0.432 e. The first-order valence-electron chi connectivity index (χ1n) is 16.1. The van der Waals surface area contributed by atoms with Crippen LogP contribution in [0.25, 0.3) is 10.9 Å². The van der Waals surface area contributed by atoms with Crippen molar-refractivity contribution in [2.24, 2.45) is 0 Å². The minimum atomic E-state index is -2.91. The summed E-state index contributed by atoms with van der Waals surface area (Å²) in [5, 5.41) is 11.4. The highest BCUT2D eigenvalue weighted by molar-refractivity contribution is 7.82. The molecule has 13 nitrogen and oxygen atoms in total. The van der Waals surface area contributed by atoms with Crippen molar-refractivity contribution >= 4 is 45.3 Å². The highest BCUT2D eigenvalue weighted by atomic mass is 32.2. The zero-order valence-corrected chi connectivity index (χ0v) is 27.5. The van der Waals surface area contributed by atoms with Gasteiger partial charge in [0.25, 0.3) is 5.91 Å². The zero-order valence-electron chi connectivity index (χ0n) is 26.7. The molecule has 2 aromatic heterocycles. The lowest BCUT2D eigenvalue weighted by Crippen LogP contribution is -2.47. The van der Waals surface area contributed by atoms with Crippen LogP contribution < -0.4 is 20.3 Å². The first kappa shape index (κ1) is 33.2. The molecule has 1 aromatic carbocycles. The van der Waals surface area contributed by atoms with Crippen LogP contribution in [-0.2, 0) is 20.6 Å². The molecule has 0 aliphatic carbocycles. The Morgan fingerprint density at radius 1 is 1.04 bits per heavy atom. The molecular formula is C31H41F2N9O4S. The minimum Gasteiger partial charge on any atom is -0.432 e. The molecule has 16 heteroatoms. The molecule has 3 aliphatic rings. The second-order valence-electron chi connectivity index (χ2n) is 12.3. The fourth-order valence-corrected chi connectivity index (χ4v) is 7.87. The predicted octanol–water partition coefficient (Wildman–Crippen LogP) is 2.77. The predicted molar refractivity (Wildman–Crippen MR) is 174 cm³/mol. The van der Waals surface area contributed by atoms with E-state index >= 15 is 0 Å². The summed E-state index contributed by atoms with van der Waals surface area (Å²) < 4.78 is 45.7. The molecular weight excluding hydrogens is 632 g/mol. The van der Waals surface area contributed by atoms with E-state index in [1.165, 1.54) is 18.1 Å². The van der Waals surface area contributed by atoms with E-state index in [-0.39, 0.29) is 23.6 Å². The molecule has 0 spiro atoms. The van der Waals surface area contributed by atoms with Crippen molar-refractivity contribution in [3.63, 3.8) is 0 Å². The summed E-state index contributed by atoms with van der Waals surface area (Å²) in [6, 6.07) is 3.92. The Morgan fingerprint density at radius 2 is 1.77 bits per heavy atom. The molecule has 3 aliphatic heterocycles. The van der Waals surface area contributed by atoms with Gasteiger partial charge in [-0.25, -0.2) is 18.5 Å². The Morgan fingerprint density at radius 3 is 2.45 bits per heavy atom. The lowest BCUT2D eigenvalue weighted by atomic mass is 10.0. The third-order valence-electron chi connectivity index (χ3n) is 9.15. The van der Waals surface area contributed by atoms with E-state index in [0.29, 0.717) is 37.6 Å². The Bertz CT molecular complexity index is 1610. The number of halogens is 2. The fourth-order valence-electron chi connectivity index (χ4n) is 6.62. The highest BCUT2D eigenvalue weighted by Crippen LogP contribution is 2.32. The van der Waals surface area contributed by atoms with E-state index in [4.69, 9.17) is 5.10 Å². The maximum Gasteiger partial charge on any atom is 0.387 e. The highest BCUT2D eigenvalue weighted by Gasteiger charge is 2.31. The van der Waals surface area contributed by atoms with Crippen LogP contribution >= 0.6 is 0 Å². The topological polar surface area (TPSA) is 138 Å². The Hall–Kier alpha value is -3.76. The maximum atomic E-state index is 13.0. The minimum absolute atomic E-state index is 0.0843. The molecule has 0 saturated carbocycles. The lowest BCUT2D eigenvalue weighted by Gasteiger charge is -2.37. The molecule has 3 aromatic rings. The number of aryl methyl sites for hydroxylation is 2. The number of hydrogen-bond donors (Lipinski definition) is 2. The molecule has 3 saturated heterocycles. The summed E-state index contributed by atoms with van der Waals surface area (Å²) in [5.41, 5.74) is 4.07. The second kappa shape index (κ2) is 14.6. The van der Waals surface area contributed by atoms with Gasteiger partial charge in [0.1, 0.15) is 6.04 Å². The zero-order chi connectivity index (χ0) is 33.1. The summed E-state index contributed by atoms with van der Waals surface area (Å²) >= 11 is 0. The molecule has 254 valence electrons. The van der Waals surface area contributed by atoms with Crippen LogP contribution in [0.15, 0.2) is 24.5 Å². The fraction of sp³-hybridized carbons (Fsp3) is 0.581. The van der Waals surface area contributed by atoms with Crippen molar-refractivity contribution in [1.29, 1.82) is 0 Å². The number of rotatable bonds is 11. The van der Waals surface area contributed by atoms with E-state index in [1.54, 1.807) is 4.68 Å². The maximum absolute atomic E-state index is 13.0. The third-order valence-corrected chi connectivity index (χ3v) is 10.7. The summed E-state index contributed by atoms with van der Waals surface area (Å²) in [4.78, 5) is 37.1. The summed E-state index contributed by atoms with van der Waals surface area (Å²) in [6.45, 7) is 7.06. The molecule has 47 heavy (non-hydrogen) atoms. The number of benzene rings is 1. The number of piperidine rings is 2. The average Bonchev–Trinajstić information content (AvgIpc) is 3.36. The van der Waals surface area contributed by atoms with Crippen molar-refractivity contribution in [2.75, 3.05) is 61.8 Å². The second-order valence-corrected chi connectivity index (χ2v) is 13.9. The van der Waals surface area contributed by atoms with Crippen molar-refractivity contribution in [3.05, 3.63) is 35.8 Å². The number of hydrogen-bond acceptors (Lipinski definition) is 10. The van der Waals surface area contributed by atoms with Gasteiger partial charge in [0.05, 0.1) is 34.6 Å². The number of carbonyl (C=O) groups is 2. The van der Waals surface area contributed by atoms with Gasteiger partial charge in [0, 0.05) is 68.6 Å². The van der Waals surface area contributed by atoms with Crippen LogP contribution in [-0.4, -0.2) is 109 Å². The van der Waals surface area contributed by atoms with Crippen molar-refractivity contribution in [2.45, 2.75) is 64.6 Å². The SMILES string of the molecule is Cc1cc2c(cc1N1CCN(CCCS(=O)N3CCC(Nc4ncc(OC(F)F)cn4)CC3)CC1)c(C)nn2C1CCC(=O)NC1=O. The first-order valence-corrected chi connectivity index (χ1v) is 17.4. The number of amides is 2. The number of piperazine rings is 1. The van der Waals surface area contributed by atoms with E-state index in [0.717, 1.165) is 74.1 Å². The van der Waals surface area contributed by atoms with Gasteiger partial charge in [0.2, 0.25) is 11.9 Å². The molecule has 2 N–H and O–H groups in total. The quantitative estimate of drug-likeness (QED) is 0.293. The number of aromatic nitrogens is 4. The van der Waals surface area contributed by atoms with Gasteiger partial charge in [-0.05, 0) is 63.8 Å². The normalized spacial score (nSPS) is 21.0. The van der Waals surface area contributed by atoms with Crippen molar-refractivity contribution in [3.8, 4) is 5.75 Å². The smallest absolute Gasteiger partial charge is 0.387 e. The van der Waals surface area contributed by atoms with E-state index in [1.807, 2.05) is 11.2 Å². The summed E-state index contributed by atoms with van der Waals surface area (Å²) in [6.07, 6.45) is 5.63. The molecule has 0 radical (unpaired) electrons. The van der Waals surface area contributed by atoms with Gasteiger partial charge in [-0.1, -0.05) is 0 Å². The number of nitrogens with zero attached hydrogens (tertiary/aromatic N) is 7. The van der Waals surface area contributed by atoms with Crippen molar-refractivity contribution in [1.82, 2.24) is 34.3 Å². The number of fused-ring (bicyclic) bond motifs is 1. The van der Waals surface area contributed by atoms with Crippen LogP contribution in [0.3, 0.4) is 0 Å². The van der Waals surface area contributed by atoms with Crippen LogP contribution in [0.1, 0.15) is 49.4 Å². The van der Waals surface area contributed by atoms with Crippen LogP contribution in [0.4, 0.5) is 20.4 Å². The van der Waals surface area contributed by atoms with Gasteiger partial charge in [0.15, 0.2) is 5.75 Å². The van der Waals surface area contributed by atoms with Crippen LogP contribution in [0, 0.1) is 13.8 Å². The number of nitrogens with one attached hydrogen (secondary N) is 2. The Kier molecular flexibility index (Phi) is 10.3. The number of alkyl halides is 2. The van der Waals surface area contributed by atoms with Gasteiger partial charge >= 0.3 is 6.61 Å². The van der Waals surface area contributed by atoms with Gasteiger partial charge in [-0.15, -0.1) is 0 Å². The molecule has 2 unspecified atom stereocenters. The molecule has 5 heterocycles. The molecule has 2 atom stereocenters. The molecule has 2 amide bonds. The summed E-state index contributed by atoms with van der Waals surface area (Å²) in [7, 11) is -1.04. The monoisotopic (exact) mass is 673 g/mol. The first-order chi connectivity index (χ1) is 22.6. The van der Waals surface area contributed by atoms with E-state index in [9.17, 15) is 22.6 Å². The molecule has 6 rings (SSSR count). The number of ether oxygens (including phenoxy) is 1. The van der Waals surface area contributed by atoms with Gasteiger partial charge in [-0.2, -0.15) is 13.9 Å². The Labute approximate surface area is 274 Å². The van der Waals surface area contributed by atoms with Gasteiger partial charge in [-0.3, -0.25) is 24.5 Å². The molecule has 3 fully saturated rings. The number of carbonyl (C=O) groups excluding carboxylic acids is 2. The number of imide groups is 1. The van der Waals surface area contributed by atoms with E-state index < -0.39 is 23.6 Å². The van der Waals surface area contributed by atoms with Crippen LogP contribution in [0.2, 0.25) is 0 Å². The van der Waals surface area contributed by atoms with Crippen LogP contribution in [0.5, 0.6) is 5.75 Å². The lowest BCUT2D eigenvalue weighted by molar-refractivity contribution is -0.135. The van der Waals surface area contributed by atoms with Crippen molar-refractivity contribution < 1.29 is 27.3 Å². The third kappa shape index (κ3) is 7.87. The van der Waals surface area contributed by atoms with Gasteiger partial charge < -0.3 is 15.0 Å². The molecule has 0 bridgehead atoms. The van der Waals surface area contributed by atoms with E-state index in [2.05, 4.69) is 54.2 Å². The Balaban J connectivity index is 0.934. The average molecular weight is 674 g/mol. The number of anilines is 2.